The van der Waals surface area contributed by atoms with Gasteiger partial charge in [0.15, 0.2) is 0 Å². The summed E-state index contributed by atoms with van der Waals surface area (Å²) in [5.74, 6) is 0.642. The Balaban J connectivity index is 2.57. The second-order valence-electron chi connectivity index (χ2n) is 5.52. The highest BCUT2D eigenvalue weighted by Crippen LogP contribution is 2.30. The Labute approximate surface area is 100 Å². The number of nitrogens with two attached hydrogens (primary N) is 1. The van der Waals surface area contributed by atoms with E-state index in [2.05, 4.69) is 25.7 Å². The second kappa shape index (κ2) is 6.58. The Hall–Kier alpha value is -0.120. The molecule has 2 unspecified atom stereocenters. The molecule has 0 amide bonds. The average Bonchev–Trinajstić information content (AvgIpc) is 3.00. The number of rotatable bonds is 8. The summed E-state index contributed by atoms with van der Waals surface area (Å²) in [5.41, 5.74) is 6.18. The SMILES string of the molecule is CCCC(N)C(CO)N(CC(C)C)C1CC1. The molecule has 0 bridgehead atoms. The normalized spacial score (nSPS) is 20.4. The zero-order chi connectivity index (χ0) is 12.1. The molecule has 1 aliphatic rings. The van der Waals surface area contributed by atoms with Gasteiger partial charge in [-0.25, -0.2) is 0 Å². The van der Waals surface area contributed by atoms with Crippen molar-refractivity contribution in [2.24, 2.45) is 11.7 Å². The molecule has 1 aliphatic carbocycles. The van der Waals surface area contributed by atoms with Crippen molar-refractivity contribution in [2.45, 2.75) is 64.6 Å². The first-order chi connectivity index (χ1) is 7.60. The molecular formula is C13H28N2O. The minimum atomic E-state index is 0.120. The molecule has 3 N–H and O–H groups in total. The number of aliphatic hydroxyl groups excluding tert-OH is 1. The minimum absolute atomic E-state index is 0.120. The Kier molecular flexibility index (Phi) is 5.73. The third kappa shape index (κ3) is 4.04. The van der Waals surface area contributed by atoms with E-state index in [9.17, 15) is 5.11 Å². The molecule has 0 saturated heterocycles. The van der Waals surface area contributed by atoms with Crippen LogP contribution in [-0.4, -0.2) is 41.3 Å². The fourth-order valence-corrected chi connectivity index (χ4v) is 2.40. The van der Waals surface area contributed by atoms with Crippen LogP contribution in [0, 0.1) is 5.92 Å². The fraction of sp³-hybridized carbons (Fsp3) is 1.00. The smallest absolute Gasteiger partial charge is 0.0602 e. The van der Waals surface area contributed by atoms with Gasteiger partial charge in [0.25, 0.3) is 0 Å². The van der Waals surface area contributed by atoms with Gasteiger partial charge in [-0.05, 0) is 25.2 Å². The maximum atomic E-state index is 9.56. The van der Waals surface area contributed by atoms with E-state index in [4.69, 9.17) is 5.73 Å². The van der Waals surface area contributed by atoms with Crippen LogP contribution in [0.1, 0.15) is 46.5 Å². The zero-order valence-corrected chi connectivity index (χ0v) is 11.0. The van der Waals surface area contributed by atoms with Gasteiger partial charge < -0.3 is 10.8 Å². The maximum Gasteiger partial charge on any atom is 0.0602 e. The van der Waals surface area contributed by atoms with Crippen molar-refractivity contribution in [3.05, 3.63) is 0 Å². The van der Waals surface area contributed by atoms with E-state index in [0.717, 1.165) is 19.4 Å². The number of nitrogens with zero attached hydrogens (tertiary/aromatic N) is 1. The predicted octanol–water partition coefficient (Wildman–Crippen LogP) is 1.60. The standard InChI is InChI=1S/C13H28N2O/c1-4-5-12(14)13(9-16)15(8-10(2)3)11-6-7-11/h10-13,16H,4-9,14H2,1-3H3. The van der Waals surface area contributed by atoms with Crippen LogP contribution in [-0.2, 0) is 0 Å². The molecule has 16 heavy (non-hydrogen) atoms. The van der Waals surface area contributed by atoms with Crippen molar-refractivity contribution in [3.63, 3.8) is 0 Å². The van der Waals surface area contributed by atoms with Crippen LogP contribution in [0.2, 0.25) is 0 Å². The summed E-state index contributed by atoms with van der Waals surface area (Å²) in [5, 5.41) is 9.56. The molecule has 0 aromatic heterocycles. The summed E-state index contributed by atoms with van der Waals surface area (Å²) >= 11 is 0. The molecule has 3 nitrogen and oxygen atoms in total. The number of aliphatic hydroxyl groups is 1. The first-order valence-corrected chi connectivity index (χ1v) is 6.72. The van der Waals surface area contributed by atoms with Gasteiger partial charge in [-0.2, -0.15) is 0 Å². The monoisotopic (exact) mass is 228 g/mol. The molecule has 0 aliphatic heterocycles. The van der Waals surface area contributed by atoms with Crippen molar-refractivity contribution in [3.8, 4) is 0 Å². The summed E-state index contributed by atoms with van der Waals surface area (Å²) < 4.78 is 0. The van der Waals surface area contributed by atoms with Gasteiger partial charge in [-0.3, -0.25) is 4.90 Å². The van der Waals surface area contributed by atoms with E-state index in [1.807, 2.05) is 0 Å². The third-order valence-electron chi connectivity index (χ3n) is 3.32. The van der Waals surface area contributed by atoms with Crippen LogP contribution in [0.25, 0.3) is 0 Å². The topological polar surface area (TPSA) is 49.5 Å². The lowest BCUT2D eigenvalue weighted by molar-refractivity contribution is 0.0842. The lowest BCUT2D eigenvalue weighted by Crippen LogP contribution is -2.52. The van der Waals surface area contributed by atoms with E-state index >= 15 is 0 Å². The molecule has 0 aromatic carbocycles. The van der Waals surface area contributed by atoms with Crippen molar-refractivity contribution in [1.82, 2.24) is 4.90 Å². The molecule has 0 radical (unpaired) electrons. The molecule has 0 heterocycles. The highest BCUT2D eigenvalue weighted by Gasteiger charge is 2.36. The Morgan fingerprint density at radius 3 is 2.38 bits per heavy atom. The van der Waals surface area contributed by atoms with Gasteiger partial charge in [0.2, 0.25) is 0 Å². The van der Waals surface area contributed by atoms with E-state index < -0.39 is 0 Å². The summed E-state index contributed by atoms with van der Waals surface area (Å²) in [6.07, 6.45) is 4.66. The lowest BCUT2D eigenvalue weighted by atomic mass is 10.0. The summed E-state index contributed by atoms with van der Waals surface area (Å²) in [4.78, 5) is 2.45. The first kappa shape index (κ1) is 13.9. The van der Waals surface area contributed by atoms with Crippen LogP contribution in [0.4, 0.5) is 0 Å². The summed E-state index contributed by atoms with van der Waals surface area (Å²) in [6.45, 7) is 7.88. The average molecular weight is 228 g/mol. The van der Waals surface area contributed by atoms with Gasteiger partial charge in [-0.15, -0.1) is 0 Å². The van der Waals surface area contributed by atoms with Gasteiger partial charge in [-0.1, -0.05) is 27.2 Å². The summed E-state index contributed by atoms with van der Waals surface area (Å²) in [7, 11) is 0. The van der Waals surface area contributed by atoms with Crippen LogP contribution in [0.5, 0.6) is 0 Å². The second-order valence-corrected chi connectivity index (χ2v) is 5.52. The maximum absolute atomic E-state index is 9.56. The van der Waals surface area contributed by atoms with Crippen molar-refractivity contribution in [2.75, 3.05) is 13.2 Å². The molecular weight excluding hydrogens is 200 g/mol. The molecule has 0 spiro atoms. The molecule has 3 heteroatoms. The van der Waals surface area contributed by atoms with E-state index in [0.29, 0.717) is 12.0 Å². The van der Waals surface area contributed by atoms with E-state index in [-0.39, 0.29) is 18.7 Å². The first-order valence-electron chi connectivity index (χ1n) is 6.72. The molecule has 1 fully saturated rings. The van der Waals surface area contributed by atoms with Gasteiger partial charge in [0.1, 0.15) is 0 Å². The third-order valence-corrected chi connectivity index (χ3v) is 3.32. The highest BCUT2D eigenvalue weighted by atomic mass is 16.3. The molecule has 2 atom stereocenters. The van der Waals surface area contributed by atoms with Gasteiger partial charge in [0.05, 0.1) is 6.61 Å². The zero-order valence-electron chi connectivity index (χ0n) is 11.0. The largest absolute Gasteiger partial charge is 0.395 e. The van der Waals surface area contributed by atoms with Crippen molar-refractivity contribution < 1.29 is 5.11 Å². The molecule has 1 rings (SSSR count). The quantitative estimate of drug-likeness (QED) is 0.663. The Morgan fingerprint density at radius 1 is 1.38 bits per heavy atom. The molecule has 0 aromatic rings. The Bertz CT molecular complexity index is 192. The summed E-state index contributed by atoms with van der Waals surface area (Å²) in [6, 6.07) is 0.964. The minimum Gasteiger partial charge on any atom is -0.395 e. The van der Waals surface area contributed by atoms with Crippen LogP contribution >= 0.6 is 0 Å². The van der Waals surface area contributed by atoms with Crippen LogP contribution in [0.3, 0.4) is 0 Å². The lowest BCUT2D eigenvalue weighted by Gasteiger charge is -2.35. The van der Waals surface area contributed by atoms with E-state index in [1.165, 1.54) is 12.8 Å². The van der Waals surface area contributed by atoms with Gasteiger partial charge in [0, 0.05) is 24.7 Å². The van der Waals surface area contributed by atoms with Crippen LogP contribution in [0.15, 0.2) is 0 Å². The Morgan fingerprint density at radius 2 is 2.00 bits per heavy atom. The van der Waals surface area contributed by atoms with Gasteiger partial charge >= 0.3 is 0 Å². The highest BCUT2D eigenvalue weighted by molar-refractivity contribution is 4.92. The van der Waals surface area contributed by atoms with E-state index in [1.54, 1.807) is 0 Å². The van der Waals surface area contributed by atoms with Crippen molar-refractivity contribution >= 4 is 0 Å². The molecule has 1 saturated carbocycles. The van der Waals surface area contributed by atoms with Crippen molar-refractivity contribution in [1.29, 1.82) is 0 Å². The number of hydrogen-bond donors (Lipinski definition) is 2. The molecule has 96 valence electrons. The fourth-order valence-electron chi connectivity index (χ4n) is 2.40. The van der Waals surface area contributed by atoms with Crippen LogP contribution < -0.4 is 5.73 Å². The number of hydrogen-bond acceptors (Lipinski definition) is 3. The predicted molar refractivity (Wildman–Crippen MR) is 68.3 cm³/mol.